The number of hydrogen-bond donors (Lipinski definition) is 1. The van der Waals surface area contributed by atoms with Crippen LogP contribution in [0.4, 0.5) is 0 Å². The van der Waals surface area contributed by atoms with Gasteiger partial charge in [-0.15, -0.1) is 0 Å². The highest BCUT2D eigenvalue weighted by molar-refractivity contribution is 5.85. The standard InChI is InChI=1S/C10H17NO4/c1-3-11(6-9(12)13)10(14)7-5-8(7)15-4-2/h7-8H,3-6H2,1-2H3,(H,12,13). The molecule has 0 spiro atoms. The summed E-state index contributed by atoms with van der Waals surface area (Å²) in [6, 6.07) is 0. The Kier molecular flexibility index (Phi) is 4.08. The molecule has 1 aliphatic rings. The predicted octanol–water partition coefficient (Wildman–Crippen LogP) is 0.344. The van der Waals surface area contributed by atoms with Crippen molar-refractivity contribution in [2.24, 2.45) is 5.92 Å². The first kappa shape index (κ1) is 12.0. The van der Waals surface area contributed by atoms with Crippen LogP contribution in [0.5, 0.6) is 0 Å². The molecule has 0 aliphatic heterocycles. The molecule has 2 atom stereocenters. The fourth-order valence-corrected chi connectivity index (χ4v) is 1.57. The third-order valence-corrected chi connectivity index (χ3v) is 2.45. The summed E-state index contributed by atoms with van der Waals surface area (Å²) in [6.45, 7) is 4.47. The highest BCUT2D eigenvalue weighted by Crippen LogP contribution is 2.35. The van der Waals surface area contributed by atoms with E-state index in [4.69, 9.17) is 9.84 Å². The van der Waals surface area contributed by atoms with E-state index in [1.807, 2.05) is 6.92 Å². The van der Waals surface area contributed by atoms with E-state index in [1.165, 1.54) is 4.90 Å². The van der Waals surface area contributed by atoms with Crippen molar-refractivity contribution < 1.29 is 19.4 Å². The number of rotatable bonds is 6. The molecule has 86 valence electrons. The second kappa shape index (κ2) is 5.11. The highest BCUT2D eigenvalue weighted by atomic mass is 16.5. The number of nitrogens with zero attached hydrogens (tertiary/aromatic N) is 1. The van der Waals surface area contributed by atoms with Crippen molar-refractivity contribution in [1.82, 2.24) is 4.90 Å². The lowest BCUT2D eigenvalue weighted by Gasteiger charge is -2.18. The van der Waals surface area contributed by atoms with Gasteiger partial charge in [-0.3, -0.25) is 9.59 Å². The molecule has 0 heterocycles. The molecule has 0 aromatic heterocycles. The van der Waals surface area contributed by atoms with E-state index in [0.29, 0.717) is 13.2 Å². The van der Waals surface area contributed by atoms with Gasteiger partial charge in [0.25, 0.3) is 0 Å². The minimum Gasteiger partial charge on any atom is -0.480 e. The van der Waals surface area contributed by atoms with Crippen LogP contribution in [0.1, 0.15) is 20.3 Å². The molecule has 0 saturated heterocycles. The van der Waals surface area contributed by atoms with Crippen molar-refractivity contribution in [3.05, 3.63) is 0 Å². The van der Waals surface area contributed by atoms with E-state index < -0.39 is 5.97 Å². The molecule has 1 aliphatic carbocycles. The number of amides is 1. The molecule has 0 aromatic rings. The van der Waals surface area contributed by atoms with Gasteiger partial charge in [-0.25, -0.2) is 0 Å². The molecule has 15 heavy (non-hydrogen) atoms. The van der Waals surface area contributed by atoms with Crippen LogP contribution in [0.2, 0.25) is 0 Å². The Bertz CT molecular complexity index is 254. The van der Waals surface area contributed by atoms with E-state index in [9.17, 15) is 9.59 Å². The molecule has 2 unspecified atom stereocenters. The summed E-state index contributed by atoms with van der Waals surface area (Å²) in [7, 11) is 0. The average molecular weight is 215 g/mol. The van der Waals surface area contributed by atoms with Gasteiger partial charge in [0, 0.05) is 13.2 Å². The van der Waals surface area contributed by atoms with Gasteiger partial charge in [0.15, 0.2) is 0 Å². The number of carbonyl (C=O) groups excluding carboxylic acids is 1. The third kappa shape index (κ3) is 3.20. The fourth-order valence-electron chi connectivity index (χ4n) is 1.57. The molecular weight excluding hydrogens is 198 g/mol. The maximum absolute atomic E-state index is 11.7. The zero-order chi connectivity index (χ0) is 11.4. The van der Waals surface area contributed by atoms with Crippen LogP contribution in [0, 0.1) is 5.92 Å². The second-order valence-corrected chi connectivity index (χ2v) is 3.58. The number of carboxylic acids is 1. The smallest absolute Gasteiger partial charge is 0.323 e. The zero-order valence-corrected chi connectivity index (χ0v) is 9.10. The number of carbonyl (C=O) groups is 2. The van der Waals surface area contributed by atoms with Crippen LogP contribution in [0.3, 0.4) is 0 Å². The summed E-state index contributed by atoms with van der Waals surface area (Å²) >= 11 is 0. The molecule has 1 saturated carbocycles. The van der Waals surface area contributed by atoms with E-state index >= 15 is 0 Å². The summed E-state index contributed by atoms with van der Waals surface area (Å²) in [4.78, 5) is 23.6. The van der Waals surface area contributed by atoms with Gasteiger partial charge in [-0.1, -0.05) is 0 Å². The Hall–Kier alpha value is -1.10. The number of ether oxygens (including phenoxy) is 1. The first-order valence-electron chi connectivity index (χ1n) is 5.22. The lowest BCUT2D eigenvalue weighted by atomic mass is 10.3. The summed E-state index contributed by atoms with van der Waals surface area (Å²) < 4.78 is 5.29. The van der Waals surface area contributed by atoms with Crippen molar-refractivity contribution in [2.75, 3.05) is 19.7 Å². The lowest BCUT2D eigenvalue weighted by molar-refractivity contribution is -0.145. The first-order chi connectivity index (χ1) is 7.10. The van der Waals surface area contributed by atoms with Crippen molar-refractivity contribution in [2.45, 2.75) is 26.4 Å². The third-order valence-electron chi connectivity index (χ3n) is 2.45. The van der Waals surface area contributed by atoms with Crippen LogP contribution < -0.4 is 0 Å². The molecule has 5 heteroatoms. The van der Waals surface area contributed by atoms with Gasteiger partial charge >= 0.3 is 5.97 Å². The summed E-state index contributed by atoms with van der Waals surface area (Å²) in [5.41, 5.74) is 0. The highest BCUT2D eigenvalue weighted by Gasteiger charge is 2.45. The Morgan fingerprint density at radius 3 is 2.60 bits per heavy atom. The van der Waals surface area contributed by atoms with Gasteiger partial charge in [-0.2, -0.15) is 0 Å². The molecule has 0 aromatic carbocycles. The summed E-state index contributed by atoms with van der Waals surface area (Å²) in [6.07, 6.45) is 0.730. The van der Waals surface area contributed by atoms with Crippen LogP contribution >= 0.6 is 0 Å². The second-order valence-electron chi connectivity index (χ2n) is 3.58. The number of carboxylic acid groups (broad SMARTS) is 1. The molecule has 1 N–H and O–H groups in total. The Labute approximate surface area is 89.0 Å². The monoisotopic (exact) mass is 215 g/mol. The predicted molar refractivity (Wildman–Crippen MR) is 53.4 cm³/mol. The first-order valence-corrected chi connectivity index (χ1v) is 5.22. The fraction of sp³-hybridized carbons (Fsp3) is 0.800. The largest absolute Gasteiger partial charge is 0.480 e. The van der Waals surface area contributed by atoms with Crippen molar-refractivity contribution in [3.63, 3.8) is 0 Å². The van der Waals surface area contributed by atoms with Gasteiger partial charge in [0.05, 0.1) is 12.0 Å². The van der Waals surface area contributed by atoms with Crippen molar-refractivity contribution >= 4 is 11.9 Å². The summed E-state index contributed by atoms with van der Waals surface area (Å²) in [5, 5.41) is 8.61. The SMILES string of the molecule is CCOC1CC1C(=O)N(CC)CC(=O)O. The quantitative estimate of drug-likeness (QED) is 0.694. The van der Waals surface area contributed by atoms with Gasteiger partial charge in [-0.05, 0) is 20.3 Å². The molecular formula is C10H17NO4. The minimum atomic E-state index is -0.973. The maximum Gasteiger partial charge on any atom is 0.323 e. The zero-order valence-electron chi connectivity index (χ0n) is 9.10. The van der Waals surface area contributed by atoms with Gasteiger partial charge in [0.1, 0.15) is 6.54 Å². The minimum absolute atomic E-state index is 0.00495. The van der Waals surface area contributed by atoms with Crippen LogP contribution in [0.15, 0.2) is 0 Å². The van der Waals surface area contributed by atoms with Crippen molar-refractivity contribution in [1.29, 1.82) is 0 Å². The number of likely N-dealkylation sites (N-methyl/N-ethyl adjacent to an activating group) is 1. The molecule has 0 bridgehead atoms. The van der Waals surface area contributed by atoms with Crippen LogP contribution in [0.25, 0.3) is 0 Å². The van der Waals surface area contributed by atoms with E-state index in [2.05, 4.69) is 0 Å². The van der Waals surface area contributed by atoms with E-state index in [1.54, 1.807) is 6.92 Å². The van der Waals surface area contributed by atoms with Gasteiger partial charge < -0.3 is 14.7 Å². The molecule has 1 fully saturated rings. The normalized spacial score (nSPS) is 23.6. The van der Waals surface area contributed by atoms with Crippen molar-refractivity contribution in [3.8, 4) is 0 Å². The molecule has 1 amide bonds. The summed E-state index contributed by atoms with van der Waals surface area (Å²) in [5.74, 6) is -1.19. The lowest BCUT2D eigenvalue weighted by Crippen LogP contribution is -2.37. The van der Waals surface area contributed by atoms with Gasteiger partial charge in [0.2, 0.25) is 5.91 Å². The van der Waals surface area contributed by atoms with Crippen LogP contribution in [-0.2, 0) is 14.3 Å². The number of aliphatic carboxylic acids is 1. The Morgan fingerprint density at radius 2 is 2.13 bits per heavy atom. The Balaban J connectivity index is 2.41. The topological polar surface area (TPSA) is 66.8 Å². The molecule has 5 nitrogen and oxygen atoms in total. The number of hydrogen-bond acceptors (Lipinski definition) is 3. The Morgan fingerprint density at radius 1 is 1.47 bits per heavy atom. The van der Waals surface area contributed by atoms with E-state index in [-0.39, 0.29) is 24.5 Å². The average Bonchev–Trinajstić information content (AvgIpc) is 2.93. The van der Waals surface area contributed by atoms with E-state index in [0.717, 1.165) is 6.42 Å². The molecule has 0 radical (unpaired) electrons. The molecule has 1 rings (SSSR count). The van der Waals surface area contributed by atoms with Crippen LogP contribution in [-0.4, -0.2) is 47.7 Å². The maximum atomic E-state index is 11.7.